The van der Waals surface area contributed by atoms with Crippen molar-refractivity contribution in [3.63, 3.8) is 0 Å². The molecule has 0 aliphatic heterocycles. The minimum absolute atomic E-state index is 0.204. The van der Waals surface area contributed by atoms with Crippen molar-refractivity contribution in [3.8, 4) is 0 Å². The topological polar surface area (TPSA) is 63.3 Å². The molecular weight excluding hydrogens is 303 g/mol. The lowest BCUT2D eigenvalue weighted by molar-refractivity contribution is -0.201. The van der Waals surface area contributed by atoms with Gasteiger partial charge in [0.25, 0.3) is 0 Å². The van der Waals surface area contributed by atoms with E-state index in [4.69, 9.17) is 10.8 Å². The highest BCUT2D eigenvalue weighted by Crippen LogP contribution is 2.31. The van der Waals surface area contributed by atoms with Crippen LogP contribution in [0, 0.1) is 0 Å². The zero-order chi connectivity index (χ0) is 13.3. The summed E-state index contributed by atoms with van der Waals surface area (Å²) in [7, 11) is 0. The Morgan fingerprint density at radius 3 is 2.12 bits per heavy atom. The summed E-state index contributed by atoms with van der Waals surface area (Å²) in [6.07, 6.45) is -5.81. The Morgan fingerprint density at radius 1 is 1.29 bits per heavy atom. The van der Waals surface area contributed by atoms with Gasteiger partial charge in [-0.1, -0.05) is 28.1 Å². The van der Waals surface area contributed by atoms with Crippen molar-refractivity contribution in [1.82, 2.24) is 0 Å². The van der Waals surface area contributed by atoms with E-state index in [0.29, 0.717) is 4.47 Å². The molecule has 3 N–H and O–H groups in total. The van der Waals surface area contributed by atoms with Crippen molar-refractivity contribution in [2.75, 3.05) is 0 Å². The largest absolute Gasteiger partial charge is 0.480 e. The van der Waals surface area contributed by atoms with Crippen molar-refractivity contribution >= 4 is 21.9 Å². The fourth-order valence-electron chi connectivity index (χ4n) is 1.22. The number of carboxylic acid groups (broad SMARTS) is 1. The number of nitrogens with two attached hydrogens (primary N) is 1. The predicted octanol–water partition coefficient (Wildman–Crippen LogP) is 2.34. The number of rotatable bonds is 3. The molecule has 1 aromatic carbocycles. The number of halogens is 4. The molecule has 1 aromatic rings. The Hall–Kier alpha value is -1.08. The van der Waals surface area contributed by atoms with Crippen LogP contribution in [0.15, 0.2) is 28.7 Å². The summed E-state index contributed by atoms with van der Waals surface area (Å²) in [4.78, 5) is 10.7. The molecule has 0 aliphatic carbocycles. The van der Waals surface area contributed by atoms with Gasteiger partial charge in [-0.3, -0.25) is 0 Å². The molecule has 0 saturated carbocycles. The molecule has 0 aliphatic rings. The number of carbonyl (C=O) groups is 1. The molecular formula is C10H9BrF3NO2. The zero-order valence-corrected chi connectivity index (χ0v) is 10.0. The molecule has 7 heteroatoms. The average Bonchev–Trinajstić information content (AvgIpc) is 2.19. The summed E-state index contributed by atoms with van der Waals surface area (Å²) < 4.78 is 38.5. The second-order valence-corrected chi connectivity index (χ2v) is 4.49. The van der Waals surface area contributed by atoms with E-state index in [0.717, 1.165) is 0 Å². The molecule has 0 radical (unpaired) electrons. The summed E-state index contributed by atoms with van der Waals surface area (Å²) in [6.45, 7) is 0. The molecule has 0 amide bonds. The summed E-state index contributed by atoms with van der Waals surface area (Å²) in [6, 6.07) is 5.82. The average molecular weight is 312 g/mol. The highest BCUT2D eigenvalue weighted by atomic mass is 79.9. The first kappa shape index (κ1) is 14.0. The number of hydrogen-bond donors (Lipinski definition) is 2. The summed E-state index contributed by atoms with van der Waals surface area (Å²) in [5, 5.41) is 8.63. The first-order chi connectivity index (χ1) is 7.67. The number of benzene rings is 1. The van der Waals surface area contributed by atoms with Crippen LogP contribution in [0.2, 0.25) is 0 Å². The molecule has 0 fully saturated rings. The van der Waals surface area contributed by atoms with Crippen molar-refractivity contribution < 1.29 is 23.1 Å². The smallest absolute Gasteiger partial charge is 0.417 e. The van der Waals surface area contributed by atoms with E-state index in [2.05, 4.69) is 15.9 Å². The Kier molecular flexibility index (Phi) is 3.83. The Morgan fingerprint density at radius 2 is 1.76 bits per heavy atom. The van der Waals surface area contributed by atoms with Crippen molar-refractivity contribution in [2.24, 2.45) is 5.73 Å². The minimum atomic E-state index is -5.01. The van der Waals surface area contributed by atoms with E-state index < -0.39 is 24.1 Å². The SMILES string of the molecule is NC(Cc1ccc(Br)cc1)(C(=O)O)C(F)(F)F. The van der Waals surface area contributed by atoms with E-state index in [9.17, 15) is 18.0 Å². The maximum absolute atomic E-state index is 12.6. The van der Waals surface area contributed by atoms with Crippen molar-refractivity contribution in [2.45, 2.75) is 18.1 Å². The second-order valence-electron chi connectivity index (χ2n) is 3.58. The highest BCUT2D eigenvalue weighted by molar-refractivity contribution is 9.10. The van der Waals surface area contributed by atoms with Gasteiger partial charge in [0.1, 0.15) is 0 Å². The zero-order valence-electron chi connectivity index (χ0n) is 8.46. The molecule has 1 unspecified atom stereocenters. The van der Waals surface area contributed by atoms with E-state index in [1.807, 2.05) is 0 Å². The summed E-state index contributed by atoms with van der Waals surface area (Å²) in [5.74, 6) is -2.09. The Bertz CT molecular complexity index is 419. The molecule has 17 heavy (non-hydrogen) atoms. The number of carboxylic acids is 1. The van der Waals surface area contributed by atoms with Gasteiger partial charge in [0.15, 0.2) is 0 Å². The van der Waals surface area contributed by atoms with Gasteiger partial charge in [-0.05, 0) is 17.7 Å². The molecule has 0 aromatic heterocycles. The quantitative estimate of drug-likeness (QED) is 0.900. The molecule has 0 heterocycles. The van der Waals surface area contributed by atoms with Crippen LogP contribution in [0.25, 0.3) is 0 Å². The van der Waals surface area contributed by atoms with Gasteiger partial charge in [0.05, 0.1) is 0 Å². The fraction of sp³-hybridized carbons (Fsp3) is 0.300. The lowest BCUT2D eigenvalue weighted by Gasteiger charge is -2.27. The van der Waals surface area contributed by atoms with Crippen LogP contribution in [0.1, 0.15) is 5.56 Å². The van der Waals surface area contributed by atoms with Gasteiger partial charge >= 0.3 is 12.1 Å². The van der Waals surface area contributed by atoms with Crippen LogP contribution in [-0.2, 0) is 11.2 Å². The van der Waals surface area contributed by atoms with Gasteiger partial charge in [0, 0.05) is 10.9 Å². The van der Waals surface area contributed by atoms with E-state index >= 15 is 0 Å². The normalized spacial score (nSPS) is 15.4. The number of hydrogen-bond acceptors (Lipinski definition) is 2. The second kappa shape index (κ2) is 4.66. The first-order valence-corrected chi connectivity index (χ1v) is 5.29. The molecule has 94 valence electrons. The summed E-state index contributed by atoms with van der Waals surface area (Å²) in [5.41, 5.74) is 1.89. The third kappa shape index (κ3) is 2.98. The van der Waals surface area contributed by atoms with Crippen LogP contribution in [0.5, 0.6) is 0 Å². The molecule has 3 nitrogen and oxygen atoms in total. The van der Waals surface area contributed by atoms with Crippen LogP contribution in [0.4, 0.5) is 13.2 Å². The van der Waals surface area contributed by atoms with Crippen LogP contribution < -0.4 is 5.73 Å². The molecule has 0 saturated heterocycles. The lowest BCUT2D eigenvalue weighted by Crippen LogP contribution is -2.61. The highest BCUT2D eigenvalue weighted by Gasteiger charge is 2.58. The maximum Gasteiger partial charge on any atom is 0.417 e. The van der Waals surface area contributed by atoms with Gasteiger partial charge in [-0.15, -0.1) is 0 Å². The Labute approximate surface area is 104 Å². The maximum atomic E-state index is 12.6. The molecule has 1 atom stereocenters. The molecule has 1 rings (SSSR count). The van der Waals surface area contributed by atoms with Crippen LogP contribution in [-0.4, -0.2) is 22.8 Å². The Balaban J connectivity index is 3.04. The predicted molar refractivity (Wildman–Crippen MR) is 58.5 cm³/mol. The summed E-state index contributed by atoms with van der Waals surface area (Å²) >= 11 is 3.12. The molecule has 0 bridgehead atoms. The van der Waals surface area contributed by atoms with Gasteiger partial charge in [-0.25, -0.2) is 4.79 Å². The standard InChI is InChI=1S/C10H9BrF3NO2/c11-7-3-1-6(2-4-7)5-9(15,8(16)17)10(12,13)14/h1-4H,5,15H2,(H,16,17). The third-order valence-corrected chi connectivity index (χ3v) is 2.81. The van der Waals surface area contributed by atoms with Gasteiger partial charge in [-0.2, -0.15) is 13.2 Å². The monoisotopic (exact) mass is 311 g/mol. The fourth-order valence-corrected chi connectivity index (χ4v) is 1.49. The molecule has 0 spiro atoms. The number of alkyl halides is 3. The van der Waals surface area contributed by atoms with E-state index in [1.165, 1.54) is 24.3 Å². The van der Waals surface area contributed by atoms with Crippen LogP contribution >= 0.6 is 15.9 Å². The lowest BCUT2D eigenvalue weighted by atomic mass is 9.91. The van der Waals surface area contributed by atoms with Crippen LogP contribution in [0.3, 0.4) is 0 Å². The van der Waals surface area contributed by atoms with Gasteiger partial charge < -0.3 is 10.8 Å². The number of aliphatic carboxylic acids is 1. The van der Waals surface area contributed by atoms with E-state index in [-0.39, 0.29) is 5.56 Å². The first-order valence-electron chi connectivity index (χ1n) is 4.50. The minimum Gasteiger partial charge on any atom is -0.480 e. The van der Waals surface area contributed by atoms with Crippen molar-refractivity contribution in [3.05, 3.63) is 34.3 Å². The van der Waals surface area contributed by atoms with Crippen molar-refractivity contribution in [1.29, 1.82) is 0 Å². The van der Waals surface area contributed by atoms with E-state index in [1.54, 1.807) is 0 Å². The third-order valence-electron chi connectivity index (χ3n) is 2.28. The van der Waals surface area contributed by atoms with Gasteiger partial charge in [0.2, 0.25) is 5.54 Å².